The van der Waals surface area contributed by atoms with Crippen LogP contribution in [-0.2, 0) is 13.5 Å². The molecule has 1 aromatic rings. The molecule has 1 unspecified atom stereocenters. The van der Waals surface area contributed by atoms with Crippen LogP contribution >= 0.6 is 11.6 Å². The van der Waals surface area contributed by atoms with E-state index in [4.69, 9.17) is 11.6 Å². The van der Waals surface area contributed by atoms with Crippen molar-refractivity contribution in [3.8, 4) is 0 Å². The highest BCUT2D eigenvalue weighted by Gasteiger charge is 2.03. The molecule has 1 rings (SSSR count). The molecule has 0 N–H and O–H groups in total. The van der Waals surface area contributed by atoms with Crippen LogP contribution in [0.4, 0.5) is 0 Å². The zero-order valence-electron chi connectivity index (χ0n) is 9.75. The van der Waals surface area contributed by atoms with Crippen molar-refractivity contribution in [1.82, 2.24) is 9.78 Å². The SMILES string of the molecule is CCCC(Cl)CCCCc1cnn(C)c1. The molecule has 3 heteroatoms. The van der Waals surface area contributed by atoms with Crippen LogP contribution < -0.4 is 0 Å². The average molecular weight is 229 g/mol. The van der Waals surface area contributed by atoms with Gasteiger partial charge in [-0.25, -0.2) is 0 Å². The van der Waals surface area contributed by atoms with E-state index in [1.807, 2.05) is 17.9 Å². The molecule has 0 aliphatic heterocycles. The number of nitrogens with zero attached hydrogens (tertiary/aromatic N) is 2. The van der Waals surface area contributed by atoms with Crippen molar-refractivity contribution in [2.75, 3.05) is 0 Å². The molecule has 0 radical (unpaired) electrons. The second-order valence-electron chi connectivity index (χ2n) is 4.15. The lowest BCUT2D eigenvalue weighted by molar-refractivity contribution is 0.614. The van der Waals surface area contributed by atoms with Crippen LogP contribution in [0.5, 0.6) is 0 Å². The fraction of sp³-hybridized carbons (Fsp3) is 0.750. The van der Waals surface area contributed by atoms with E-state index in [0.29, 0.717) is 5.38 Å². The molecule has 0 aromatic carbocycles. The average Bonchev–Trinajstić information content (AvgIpc) is 2.60. The first kappa shape index (κ1) is 12.6. The van der Waals surface area contributed by atoms with Gasteiger partial charge in [0.2, 0.25) is 0 Å². The molecular formula is C12H21ClN2. The summed E-state index contributed by atoms with van der Waals surface area (Å²) >= 11 is 6.15. The van der Waals surface area contributed by atoms with Crippen molar-refractivity contribution in [2.45, 2.75) is 50.8 Å². The van der Waals surface area contributed by atoms with E-state index in [0.717, 1.165) is 19.3 Å². The molecule has 1 heterocycles. The predicted molar refractivity (Wildman–Crippen MR) is 65.3 cm³/mol. The molecule has 0 saturated carbocycles. The minimum absolute atomic E-state index is 0.379. The molecule has 0 bridgehead atoms. The van der Waals surface area contributed by atoms with Gasteiger partial charge >= 0.3 is 0 Å². The Morgan fingerprint density at radius 1 is 1.40 bits per heavy atom. The van der Waals surface area contributed by atoms with E-state index in [9.17, 15) is 0 Å². The van der Waals surface area contributed by atoms with Gasteiger partial charge in [0.1, 0.15) is 0 Å². The fourth-order valence-corrected chi connectivity index (χ4v) is 2.13. The molecular weight excluding hydrogens is 208 g/mol. The summed E-state index contributed by atoms with van der Waals surface area (Å²) in [5.41, 5.74) is 1.33. The number of rotatable bonds is 7. The summed E-state index contributed by atoms with van der Waals surface area (Å²) in [5, 5.41) is 4.53. The van der Waals surface area contributed by atoms with Crippen LogP contribution in [0.1, 0.15) is 44.6 Å². The zero-order chi connectivity index (χ0) is 11.1. The summed E-state index contributed by atoms with van der Waals surface area (Å²) in [4.78, 5) is 0. The summed E-state index contributed by atoms with van der Waals surface area (Å²) in [7, 11) is 1.96. The molecule has 0 saturated heterocycles. The molecule has 15 heavy (non-hydrogen) atoms. The van der Waals surface area contributed by atoms with Crippen molar-refractivity contribution in [2.24, 2.45) is 7.05 Å². The van der Waals surface area contributed by atoms with Crippen molar-refractivity contribution >= 4 is 11.6 Å². The summed E-state index contributed by atoms with van der Waals surface area (Å²) in [6.45, 7) is 2.19. The van der Waals surface area contributed by atoms with Gasteiger partial charge in [-0.2, -0.15) is 5.10 Å². The summed E-state index contributed by atoms with van der Waals surface area (Å²) in [6.07, 6.45) is 11.1. The lowest BCUT2D eigenvalue weighted by atomic mass is 10.1. The number of aryl methyl sites for hydroxylation is 2. The van der Waals surface area contributed by atoms with E-state index in [-0.39, 0.29) is 0 Å². The number of hydrogen-bond donors (Lipinski definition) is 0. The van der Waals surface area contributed by atoms with Gasteiger partial charge in [-0.3, -0.25) is 4.68 Å². The van der Waals surface area contributed by atoms with Crippen LogP contribution in [0, 0.1) is 0 Å². The maximum Gasteiger partial charge on any atom is 0.0521 e. The van der Waals surface area contributed by atoms with Gasteiger partial charge in [-0.1, -0.05) is 19.8 Å². The predicted octanol–water partition coefficient (Wildman–Crippen LogP) is 3.54. The molecule has 1 aromatic heterocycles. The van der Waals surface area contributed by atoms with E-state index in [2.05, 4.69) is 18.2 Å². The highest BCUT2D eigenvalue weighted by molar-refractivity contribution is 6.20. The van der Waals surface area contributed by atoms with Crippen LogP contribution in [0.2, 0.25) is 0 Å². The van der Waals surface area contributed by atoms with Gasteiger partial charge in [0.25, 0.3) is 0 Å². The Labute approximate surface area is 97.6 Å². The zero-order valence-corrected chi connectivity index (χ0v) is 10.5. The quantitative estimate of drug-likeness (QED) is 0.516. The van der Waals surface area contributed by atoms with Crippen molar-refractivity contribution in [3.05, 3.63) is 18.0 Å². The Hall–Kier alpha value is -0.500. The third-order valence-electron chi connectivity index (χ3n) is 2.59. The van der Waals surface area contributed by atoms with Gasteiger partial charge in [0.05, 0.1) is 6.20 Å². The molecule has 0 fully saturated rings. The van der Waals surface area contributed by atoms with Crippen molar-refractivity contribution in [3.63, 3.8) is 0 Å². The molecule has 2 nitrogen and oxygen atoms in total. The maximum absolute atomic E-state index is 6.15. The number of alkyl halides is 1. The standard InChI is InChI=1S/C12H21ClN2/c1-3-6-12(13)8-5-4-7-11-9-14-15(2)10-11/h9-10,12H,3-8H2,1-2H3. The summed E-state index contributed by atoms with van der Waals surface area (Å²) < 4.78 is 1.86. The molecule has 0 aliphatic rings. The highest BCUT2D eigenvalue weighted by atomic mass is 35.5. The first-order valence-corrected chi connectivity index (χ1v) is 6.27. The van der Waals surface area contributed by atoms with E-state index < -0.39 is 0 Å². The third kappa shape index (κ3) is 5.22. The monoisotopic (exact) mass is 228 g/mol. The third-order valence-corrected chi connectivity index (χ3v) is 3.03. The summed E-state index contributed by atoms with van der Waals surface area (Å²) in [5.74, 6) is 0. The second-order valence-corrected chi connectivity index (χ2v) is 4.77. The maximum atomic E-state index is 6.15. The van der Waals surface area contributed by atoms with Gasteiger partial charge in [-0.15, -0.1) is 11.6 Å². The van der Waals surface area contributed by atoms with Gasteiger partial charge < -0.3 is 0 Å². The van der Waals surface area contributed by atoms with Crippen molar-refractivity contribution in [1.29, 1.82) is 0 Å². The van der Waals surface area contributed by atoms with Gasteiger partial charge in [0, 0.05) is 18.6 Å². The Balaban J connectivity index is 2.06. The van der Waals surface area contributed by atoms with Crippen LogP contribution in [0.25, 0.3) is 0 Å². The lowest BCUT2D eigenvalue weighted by Gasteiger charge is -2.06. The number of halogens is 1. The lowest BCUT2D eigenvalue weighted by Crippen LogP contribution is -1.97. The Bertz CT molecular complexity index is 270. The van der Waals surface area contributed by atoms with E-state index in [1.165, 1.54) is 24.8 Å². The Kier molecular flexibility index (Phi) is 5.77. The van der Waals surface area contributed by atoms with E-state index >= 15 is 0 Å². The normalized spacial score (nSPS) is 13.0. The minimum Gasteiger partial charge on any atom is -0.276 e. The van der Waals surface area contributed by atoms with Gasteiger partial charge in [0.15, 0.2) is 0 Å². The van der Waals surface area contributed by atoms with Crippen LogP contribution in [-0.4, -0.2) is 15.2 Å². The van der Waals surface area contributed by atoms with Gasteiger partial charge in [-0.05, 0) is 31.2 Å². The molecule has 0 amide bonds. The largest absolute Gasteiger partial charge is 0.276 e. The number of hydrogen-bond acceptors (Lipinski definition) is 1. The van der Waals surface area contributed by atoms with Crippen LogP contribution in [0.15, 0.2) is 12.4 Å². The first-order chi connectivity index (χ1) is 7.22. The Morgan fingerprint density at radius 3 is 2.80 bits per heavy atom. The minimum atomic E-state index is 0.379. The van der Waals surface area contributed by atoms with Crippen LogP contribution in [0.3, 0.4) is 0 Å². The fourth-order valence-electron chi connectivity index (χ4n) is 1.75. The number of aromatic nitrogens is 2. The van der Waals surface area contributed by atoms with E-state index in [1.54, 1.807) is 0 Å². The Morgan fingerprint density at radius 2 is 2.20 bits per heavy atom. The molecule has 0 aliphatic carbocycles. The molecule has 86 valence electrons. The highest BCUT2D eigenvalue weighted by Crippen LogP contribution is 2.14. The van der Waals surface area contributed by atoms with Crippen molar-refractivity contribution < 1.29 is 0 Å². The summed E-state index contributed by atoms with van der Waals surface area (Å²) in [6, 6.07) is 0. The topological polar surface area (TPSA) is 17.8 Å². The first-order valence-electron chi connectivity index (χ1n) is 5.84. The second kappa shape index (κ2) is 6.89. The number of unbranched alkanes of at least 4 members (excludes halogenated alkanes) is 1. The molecule has 0 spiro atoms. The smallest absolute Gasteiger partial charge is 0.0521 e. The molecule has 1 atom stereocenters.